The zero-order valence-electron chi connectivity index (χ0n) is 8.73. The van der Waals surface area contributed by atoms with E-state index in [4.69, 9.17) is 5.11 Å². The number of rotatable bonds is 1. The smallest absolute Gasteiger partial charge is 0.303 e. The summed E-state index contributed by atoms with van der Waals surface area (Å²) >= 11 is 0. The summed E-state index contributed by atoms with van der Waals surface area (Å²) in [6.07, 6.45) is 4.49. The lowest BCUT2D eigenvalue weighted by Gasteiger charge is -2.11. The van der Waals surface area contributed by atoms with Crippen molar-refractivity contribution in [3.05, 3.63) is 35.9 Å². The average Bonchev–Trinajstić information content (AvgIpc) is 2.30. The summed E-state index contributed by atoms with van der Waals surface area (Å²) in [6.45, 7) is 2.55. The van der Waals surface area contributed by atoms with Crippen molar-refractivity contribution in [2.45, 2.75) is 13.3 Å². The van der Waals surface area contributed by atoms with E-state index in [1.165, 1.54) is 11.3 Å². The third-order valence-corrected chi connectivity index (χ3v) is 1.97. The fourth-order valence-corrected chi connectivity index (χ4v) is 1.16. The van der Waals surface area contributed by atoms with Gasteiger partial charge in [-0.15, -0.1) is 0 Å². The first kappa shape index (κ1) is 11.3. The van der Waals surface area contributed by atoms with Gasteiger partial charge in [0.05, 0.1) is 0 Å². The Morgan fingerprint density at radius 2 is 2.13 bits per heavy atom. The Bertz CT molecular complexity index is 358. The fraction of sp³-hybridized carbons (Fsp3) is 0.250. The van der Waals surface area contributed by atoms with Crippen LogP contribution < -0.4 is 5.32 Å². The molecule has 0 spiro atoms. The van der Waals surface area contributed by atoms with Gasteiger partial charge in [-0.1, -0.05) is 37.3 Å². The molecule has 0 amide bonds. The molecule has 80 valence electrons. The lowest BCUT2D eigenvalue weighted by atomic mass is 10.1. The summed E-state index contributed by atoms with van der Waals surface area (Å²) in [7, 11) is 0. The van der Waals surface area contributed by atoms with Crippen LogP contribution in [-0.4, -0.2) is 17.6 Å². The maximum atomic E-state index is 9.37. The molecule has 1 heterocycles. The first-order valence-corrected chi connectivity index (χ1v) is 4.95. The molecular formula is C12H15NO2. The molecule has 0 saturated heterocycles. The van der Waals surface area contributed by atoms with Crippen LogP contribution in [0.2, 0.25) is 0 Å². The maximum absolute atomic E-state index is 9.37. The number of carboxylic acid groups (broad SMARTS) is 1. The van der Waals surface area contributed by atoms with Crippen LogP contribution in [0.15, 0.2) is 30.3 Å². The summed E-state index contributed by atoms with van der Waals surface area (Å²) in [5.74, 6) is -0.745. The lowest BCUT2D eigenvalue weighted by Crippen LogP contribution is -2.03. The number of carbonyl (C=O) groups is 1. The Kier molecular flexibility index (Phi) is 4.41. The van der Waals surface area contributed by atoms with Gasteiger partial charge in [0.25, 0.3) is 0 Å². The Hall–Kier alpha value is -1.77. The minimum atomic E-state index is -0.745. The summed E-state index contributed by atoms with van der Waals surface area (Å²) in [6, 6.07) is 8.30. The zero-order chi connectivity index (χ0) is 11.1. The van der Waals surface area contributed by atoms with Gasteiger partial charge in [-0.2, -0.15) is 0 Å². The first-order valence-electron chi connectivity index (χ1n) is 4.95. The second kappa shape index (κ2) is 5.86. The highest BCUT2D eigenvalue weighted by Gasteiger charge is 1.98. The SMILES string of the molecule is C1=Cc2ccccc2NC1.CCC(=O)O. The van der Waals surface area contributed by atoms with Crippen LogP contribution in [0.4, 0.5) is 5.69 Å². The number of fused-ring (bicyclic) bond motifs is 1. The van der Waals surface area contributed by atoms with Crippen LogP contribution in [0.3, 0.4) is 0 Å². The molecule has 2 rings (SSSR count). The highest BCUT2D eigenvalue weighted by atomic mass is 16.4. The third-order valence-electron chi connectivity index (χ3n) is 1.97. The topological polar surface area (TPSA) is 49.3 Å². The van der Waals surface area contributed by atoms with E-state index in [0.717, 1.165) is 6.54 Å². The molecule has 0 atom stereocenters. The molecule has 0 saturated carbocycles. The normalized spacial score (nSPS) is 11.8. The van der Waals surface area contributed by atoms with Gasteiger partial charge in [0.15, 0.2) is 0 Å². The molecule has 3 nitrogen and oxygen atoms in total. The Labute approximate surface area is 89.4 Å². The van der Waals surface area contributed by atoms with Crippen LogP contribution in [0.25, 0.3) is 6.08 Å². The number of hydrogen-bond acceptors (Lipinski definition) is 2. The quantitative estimate of drug-likeness (QED) is 0.741. The summed E-state index contributed by atoms with van der Waals surface area (Å²) in [5.41, 5.74) is 2.53. The minimum absolute atomic E-state index is 0.222. The first-order chi connectivity index (χ1) is 7.24. The number of nitrogens with one attached hydrogen (secondary N) is 1. The number of aliphatic carboxylic acids is 1. The Morgan fingerprint density at radius 1 is 1.47 bits per heavy atom. The van der Waals surface area contributed by atoms with Crippen LogP contribution >= 0.6 is 0 Å². The highest BCUT2D eigenvalue weighted by Crippen LogP contribution is 2.18. The molecule has 15 heavy (non-hydrogen) atoms. The van der Waals surface area contributed by atoms with Gasteiger partial charge < -0.3 is 10.4 Å². The number of benzene rings is 1. The Morgan fingerprint density at radius 3 is 2.73 bits per heavy atom. The summed E-state index contributed by atoms with van der Waals surface area (Å²) < 4.78 is 0. The highest BCUT2D eigenvalue weighted by molar-refractivity contribution is 5.69. The maximum Gasteiger partial charge on any atom is 0.303 e. The average molecular weight is 205 g/mol. The van der Waals surface area contributed by atoms with E-state index >= 15 is 0 Å². The second-order valence-electron chi connectivity index (χ2n) is 3.12. The number of anilines is 1. The fourth-order valence-electron chi connectivity index (χ4n) is 1.16. The number of hydrogen-bond donors (Lipinski definition) is 2. The Balaban J connectivity index is 0.000000195. The third kappa shape index (κ3) is 3.85. The molecule has 0 fully saturated rings. The van der Waals surface area contributed by atoms with Crippen molar-refractivity contribution in [1.82, 2.24) is 0 Å². The molecule has 2 N–H and O–H groups in total. The van der Waals surface area contributed by atoms with E-state index in [9.17, 15) is 4.79 Å². The predicted octanol–water partition coefficient (Wildman–Crippen LogP) is 2.61. The number of carboxylic acids is 1. The molecule has 0 unspecified atom stereocenters. The van der Waals surface area contributed by atoms with E-state index in [1.54, 1.807) is 6.92 Å². The minimum Gasteiger partial charge on any atom is -0.481 e. The van der Waals surface area contributed by atoms with E-state index in [2.05, 4.69) is 35.7 Å². The molecule has 1 aromatic rings. The molecule has 3 heteroatoms. The van der Waals surface area contributed by atoms with E-state index in [1.807, 2.05) is 6.07 Å². The van der Waals surface area contributed by atoms with Crippen LogP contribution in [0, 0.1) is 0 Å². The predicted molar refractivity (Wildman–Crippen MR) is 61.9 cm³/mol. The molecule has 0 bridgehead atoms. The van der Waals surface area contributed by atoms with Crippen molar-refractivity contribution >= 4 is 17.7 Å². The van der Waals surface area contributed by atoms with Gasteiger partial charge in [0.1, 0.15) is 0 Å². The standard InChI is InChI=1S/C9H9N.C3H6O2/c1-2-6-9-8(4-1)5-3-7-10-9;1-2-3(4)5/h1-6,10H,7H2;2H2,1H3,(H,4,5). The molecule has 1 aromatic carbocycles. The monoisotopic (exact) mass is 205 g/mol. The summed E-state index contributed by atoms with van der Waals surface area (Å²) in [4.78, 5) is 9.37. The van der Waals surface area contributed by atoms with Crippen molar-refractivity contribution in [2.75, 3.05) is 11.9 Å². The second-order valence-corrected chi connectivity index (χ2v) is 3.12. The number of para-hydroxylation sites is 1. The van der Waals surface area contributed by atoms with Crippen molar-refractivity contribution in [2.24, 2.45) is 0 Å². The van der Waals surface area contributed by atoms with Gasteiger partial charge in [-0.25, -0.2) is 0 Å². The van der Waals surface area contributed by atoms with Gasteiger partial charge >= 0.3 is 5.97 Å². The van der Waals surface area contributed by atoms with Gasteiger partial charge in [-0.05, 0) is 11.6 Å². The van der Waals surface area contributed by atoms with Crippen molar-refractivity contribution < 1.29 is 9.90 Å². The van der Waals surface area contributed by atoms with E-state index in [-0.39, 0.29) is 6.42 Å². The van der Waals surface area contributed by atoms with E-state index < -0.39 is 5.97 Å². The molecule has 0 aliphatic carbocycles. The summed E-state index contributed by atoms with van der Waals surface area (Å²) in [5, 5.41) is 11.0. The van der Waals surface area contributed by atoms with Gasteiger partial charge in [0, 0.05) is 18.7 Å². The largest absolute Gasteiger partial charge is 0.481 e. The molecule has 0 radical (unpaired) electrons. The van der Waals surface area contributed by atoms with Crippen molar-refractivity contribution in [1.29, 1.82) is 0 Å². The van der Waals surface area contributed by atoms with Gasteiger partial charge in [0.2, 0.25) is 0 Å². The van der Waals surface area contributed by atoms with E-state index in [0.29, 0.717) is 0 Å². The molecule has 1 aliphatic rings. The van der Waals surface area contributed by atoms with Crippen molar-refractivity contribution in [3.8, 4) is 0 Å². The van der Waals surface area contributed by atoms with Gasteiger partial charge in [-0.3, -0.25) is 4.79 Å². The van der Waals surface area contributed by atoms with Crippen molar-refractivity contribution in [3.63, 3.8) is 0 Å². The molecule has 1 aliphatic heterocycles. The molecular weight excluding hydrogens is 190 g/mol. The molecule has 0 aromatic heterocycles. The van der Waals surface area contributed by atoms with Crippen LogP contribution in [0.1, 0.15) is 18.9 Å². The van der Waals surface area contributed by atoms with Crippen LogP contribution in [-0.2, 0) is 4.79 Å². The lowest BCUT2D eigenvalue weighted by molar-refractivity contribution is -0.136. The zero-order valence-corrected chi connectivity index (χ0v) is 8.73. The van der Waals surface area contributed by atoms with Crippen LogP contribution in [0.5, 0.6) is 0 Å².